The van der Waals surface area contributed by atoms with E-state index < -0.39 is 0 Å². The number of hydrogen-bond donors (Lipinski definition) is 1. The van der Waals surface area contributed by atoms with Gasteiger partial charge in [-0.2, -0.15) is 0 Å². The van der Waals surface area contributed by atoms with Crippen molar-refractivity contribution in [3.05, 3.63) is 58.1 Å². The summed E-state index contributed by atoms with van der Waals surface area (Å²) in [6.07, 6.45) is 1.68. The molecule has 3 nitrogen and oxygen atoms in total. The maximum Gasteiger partial charge on any atom is 0.270 e. The van der Waals surface area contributed by atoms with E-state index in [4.69, 9.17) is 0 Å². The third-order valence-corrected chi connectivity index (χ3v) is 3.05. The van der Waals surface area contributed by atoms with Gasteiger partial charge in [0.2, 0.25) is 0 Å². The van der Waals surface area contributed by atoms with Gasteiger partial charge in [-0.3, -0.25) is 4.79 Å². The van der Waals surface area contributed by atoms with Crippen molar-refractivity contribution in [1.29, 1.82) is 0 Å². The molecule has 5 heteroatoms. The molecule has 2 aromatic rings. The smallest absolute Gasteiger partial charge is 0.270 e. The Hall–Kier alpha value is -1.62. The van der Waals surface area contributed by atoms with Crippen LogP contribution >= 0.6 is 15.9 Å². The highest BCUT2D eigenvalue weighted by Crippen LogP contribution is 2.14. The van der Waals surface area contributed by atoms with Crippen LogP contribution in [0.4, 0.5) is 4.39 Å². The number of nitrogens with one attached hydrogen (secondary N) is 1. The van der Waals surface area contributed by atoms with Crippen molar-refractivity contribution >= 4 is 21.8 Å². The van der Waals surface area contributed by atoms with E-state index in [2.05, 4.69) is 20.9 Å². The molecular weight excluding hydrogens is 299 g/mol. The van der Waals surface area contributed by atoms with Gasteiger partial charge in [0, 0.05) is 29.8 Å². The zero-order valence-electron chi connectivity index (χ0n) is 9.78. The monoisotopic (exact) mass is 310 g/mol. The molecule has 0 radical (unpaired) electrons. The Labute approximate surface area is 113 Å². The molecule has 0 saturated heterocycles. The molecule has 0 atom stereocenters. The molecule has 0 unspecified atom stereocenters. The van der Waals surface area contributed by atoms with Crippen LogP contribution in [0, 0.1) is 5.82 Å². The fraction of sp³-hybridized carbons (Fsp3) is 0.154. The molecular formula is C13H12BrFN2O. The van der Waals surface area contributed by atoms with Crippen LogP contribution in [0.1, 0.15) is 16.1 Å². The average molecular weight is 311 g/mol. The van der Waals surface area contributed by atoms with Gasteiger partial charge in [0.1, 0.15) is 11.5 Å². The van der Waals surface area contributed by atoms with Crippen molar-refractivity contribution in [2.45, 2.75) is 6.54 Å². The fourth-order valence-electron chi connectivity index (χ4n) is 1.65. The standard InChI is InChI=1S/C13H12BrFN2O/c1-17(8-9-4-2-3-5-11(9)15)13(18)12-6-10(14)7-16-12/h2-7,16H,8H2,1H3. The van der Waals surface area contributed by atoms with E-state index in [-0.39, 0.29) is 18.3 Å². The first kappa shape index (κ1) is 12.8. The first-order chi connectivity index (χ1) is 8.58. The summed E-state index contributed by atoms with van der Waals surface area (Å²) in [5.74, 6) is -0.478. The van der Waals surface area contributed by atoms with Gasteiger partial charge < -0.3 is 9.88 Å². The third kappa shape index (κ3) is 2.79. The molecule has 0 spiro atoms. The lowest BCUT2D eigenvalue weighted by Crippen LogP contribution is -2.26. The Bertz CT molecular complexity index is 568. The Balaban J connectivity index is 2.11. The van der Waals surface area contributed by atoms with Gasteiger partial charge in [-0.15, -0.1) is 0 Å². The molecule has 18 heavy (non-hydrogen) atoms. The molecule has 2 rings (SSSR count). The van der Waals surface area contributed by atoms with Crippen LogP contribution in [0.15, 0.2) is 41.0 Å². The quantitative estimate of drug-likeness (QED) is 0.928. The van der Waals surface area contributed by atoms with Crippen LogP contribution < -0.4 is 0 Å². The third-order valence-electron chi connectivity index (χ3n) is 2.59. The lowest BCUT2D eigenvalue weighted by molar-refractivity contribution is 0.0778. The first-order valence-electron chi connectivity index (χ1n) is 5.40. The molecule has 0 fully saturated rings. The van der Waals surface area contributed by atoms with Crippen LogP contribution in [0.3, 0.4) is 0 Å². The minimum atomic E-state index is -0.301. The second kappa shape index (κ2) is 5.35. The average Bonchev–Trinajstić information content (AvgIpc) is 2.78. The minimum absolute atomic E-state index is 0.177. The molecule has 0 aliphatic carbocycles. The van der Waals surface area contributed by atoms with E-state index in [0.717, 1.165) is 4.47 Å². The highest BCUT2D eigenvalue weighted by molar-refractivity contribution is 9.10. The number of carbonyl (C=O) groups is 1. The molecule has 1 aromatic heterocycles. The van der Waals surface area contributed by atoms with Gasteiger partial charge in [-0.1, -0.05) is 18.2 Å². The van der Waals surface area contributed by atoms with Gasteiger partial charge in [-0.05, 0) is 28.1 Å². The highest BCUT2D eigenvalue weighted by Gasteiger charge is 2.14. The fourth-order valence-corrected chi connectivity index (χ4v) is 1.99. The second-order valence-corrected chi connectivity index (χ2v) is 4.90. The van der Waals surface area contributed by atoms with E-state index in [1.165, 1.54) is 11.0 Å². The maximum atomic E-state index is 13.5. The van der Waals surface area contributed by atoms with Crippen molar-refractivity contribution < 1.29 is 9.18 Å². The number of amides is 1. The number of hydrogen-bond acceptors (Lipinski definition) is 1. The van der Waals surface area contributed by atoms with E-state index in [1.807, 2.05) is 0 Å². The lowest BCUT2D eigenvalue weighted by atomic mass is 10.2. The maximum absolute atomic E-state index is 13.5. The highest BCUT2D eigenvalue weighted by atomic mass is 79.9. The van der Waals surface area contributed by atoms with Crippen molar-refractivity contribution in [3.63, 3.8) is 0 Å². The number of rotatable bonds is 3. The van der Waals surface area contributed by atoms with Gasteiger partial charge >= 0.3 is 0 Å². The van der Waals surface area contributed by atoms with Crippen molar-refractivity contribution in [1.82, 2.24) is 9.88 Å². The Kier molecular flexibility index (Phi) is 3.81. The van der Waals surface area contributed by atoms with Crippen LogP contribution in [0.5, 0.6) is 0 Å². The zero-order chi connectivity index (χ0) is 13.1. The molecule has 0 aliphatic heterocycles. The largest absolute Gasteiger partial charge is 0.356 e. The molecule has 1 amide bonds. The number of H-pyrrole nitrogens is 1. The number of nitrogens with zero attached hydrogens (tertiary/aromatic N) is 1. The van der Waals surface area contributed by atoms with E-state index >= 15 is 0 Å². The zero-order valence-corrected chi connectivity index (χ0v) is 11.4. The van der Waals surface area contributed by atoms with Gasteiger partial charge in [0.05, 0.1) is 0 Å². The molecule has 0 bridgehead atoms. The summed E-state index contributed by atoms with van der Waals surface area (Å²) in [6, 6.07) is 8.13. The molecule has 1 N–H and O–H groups in total. The summed E-state index contributed by atoms with van der Waals surface area (Å²) >= 11 is 3.27. The SMILES string of the molecule is CN(Cc1ccccc1F)C(=O)c1cc(Br)c[nH]1. The normalized spacial score (nSPS) is 10.4. The van der Waals surface area contributed by atoms with Crippen LogP contribution in [0.2, 0.25) is 0 Å². The van der Waals surface area contributed by atoms with Gasteiger partial charge in [0.25, 0.3) is 5.91 Å². The molecule has 1 heterocycles. The summed E-state index contributed by atoms with van der Waals surface area (Å²) in [4.78, 5) is 16.3. The number of aromatic amines is 1. The van der Waals surface area contributed by atoms with Gasteiger partial charge in [-0.25, -0.2) is 4.39 Å². The number of carbonyl (C=O) groups excluding carboxylic acids is 1. The Morgan fingerprint density at radius 2 is 2.17 bits per heavy atom. The predicted octanol–water partition coefficient (Wildman–Crippen LogP) is 3.19. The van der Waals surface area contributed by atoms with Crippen molar-refractivity contribution in [2.75, 3.05) is 7.05 Å². The van der Waals surface area contributed by atoms with Crippen molar-refractivity contribution in [3.8, 4) is 0 Å². The number of benzene rings is 1. The summed E-state index contributed by atoms with van der Waals surface area (Å²) in [6.45, 7) is 0.238. The molecule has 0 aliphatic rings. The van der Waals surface area contributed by atoms with Crippen LogP contribution in [-0.4, -0.2) is 22.8 Å². The van der Waals surface area contributed by atoms with E-state index in [1.54, 1.807) is 37.5 Å². The lowest BCUT2D eigenvalue weighted by Gasteiger charge is -2.16. The Morgan fingerprint density at radius 1 is 1.44 bits per heavy atom. The Morgan fingerprint density at radius 3 is 2.78 bits per heavy atom. The number of halogens is 2. The predicted molar refractivity (Wildman–Crippen MR) is 70.7 cm³/mol. The van der Waals surface area contributed by atoms with Crippen LogP contribution in [0.25, 0.3) is 0 Å². The summed E-state index contributed by atoms with van der Waals surface area (Å²) in [5, 5.41) is 0. The summed E-state index contributed by atoms with van der Waals surface area (Å²) in [7, 11) is 1.64. The van der Waals surface area contributed by atoms with Gasteiger partial charge in [0.15, 0.2) is 0 Å². The first-order valence-corrected chi connectivity index (χ1v) is 6.20. The van der Waals surface area contributed by atoms with E-state index in [0.29, 0.717) is 11.3 Å². The topological polar surface area (TPSA) is 36.1 Å². The minimum Gasteiger partial charge on any atom is -0.356 e. The molecule has 1 aromatic carbocycles. The molecule has 0 saturated carbocycles. The second-order valence-electron chi connectivity index (χ2n) is 3.98. The van der Waals surface area contributed by atoms with E-state index in [9.17, 15) is 9.18 Å². The summed E-state index contributed by atoms with van der Waals surface area (Å²) in [5.41, 5.74) is 0.972. The number of aromatic nitrogens is 1. The summed E-state index contributed by atoms with van der Waals surface area (Å²) < 4.78 is 14.3. The molecule has 94 valence electrons. The van der Waals surface area contributed by atoms with Crippen molar-refractivity contribution in [2.24, 2.45) is 0 Å². The van der Waals surface area contributed by atoms with Crippen LogP contribution in [-0.2, 0) is 6.54 Å².